The summed E-state index contributed by atoms with van der Waals surface area (Å²) >= 11 is 5.85. The highest BCUT2D eigenvalue weighted by atomic mass is 35.5. The Morgan fingerprint density at radius 1 is 1.56 bits per heavy atom. The molecule has 0 amide bonds. The Balaban J connectivity index is 2.56. The van der Waals surface area contributed by atoms with Gasteiger partial charge in [0.25, 0.3) is 6.43 Å². The van der Waals surface area contributed by atoms with Gasteiger partial charge in [-0.3, -0.25) is 4.68 Å². The van der Waals surface area contributed by atoms with Crippen LogP contribution < -0.4 is 0 Å². The third kappa shape index (κ3) is 4.06. The summed E-state index contributed by atoms with van der Waals surface area (Å²) in [6.07, 6.45) is -0.0473. The standard InChI is InChI=1S/C10H15ClF2N2O/c1-3-7(2)16-6-9-8(11)4-15(14-9)5-10(12)13/h4,7,10H,3,5-6H2,1-2H3/t7-/m0/s1. The second-order valence-corrected chi connectivity index (χ2v) is 3.97. The van der Waals surface area contributed by atoms with Gasteiger partial charge in [-0.25, -0.2) is 8.78 Å². The van der Waals surface area contributed by atoms with Crippen molar-refractivity contribution < 1.29 is 13.5 Å². The van der Waals surface area contributed by atoms with Crippen LogP contribution in [0.4, 0.5) is 8.78 Å². The summed E-state index contributed by atoms with van der Waals surface area (Å²) in [7, 11) is 0. The Hall–Kier alpha value is -0.680. The maximum atomic E-state index is 12.1. The molecule has 0 bridgehead atoms. The summed E-state index contributed by atoms with van der Waals surface area (Å²) in [5.74, 6) is 0. The van der Waals surface area contributed by atoms with Crippen molar-refractivity contribution in [2.45, 2.75) is 45.9 Å². The van der Waals surface area contributed by atoms with Gasteiger partial charge in [0, 0.05) is 6.20 Å². The van der Waals surface area contributed by atoms with Crippen LogP contribution in [-0.4, -0.2) is 22.3 Å². The van der Waals surface area contributed by atoms with Gasteiger partial charge in [0.05, 0.1) is 17.7 Å². The summed E-state index contributed by atoms with van der Waals surface area (Å²) in [6, 6.07) is 0. The number of hydrogen-bond donors (Lipinski definition) is 0. The summed E-state index contributed by atoms with van der Waals surface area (Å²) in [5.41, 5.74) is 0.502. The molecule has 92 valence electrons. The van der Waals surface area contributed by atoms with Crippen molar-refractivity contribution in [2.75, 3.05) is 0 Å². The minimum absolute atomic E-state index is 0.108. The topological polar surface area (TPSA) is 27.1 Å². The Kier molecular flexibility index (Phi) is 5.15. The molecule has 1 heterocycles. The third-order valence-electron chi connectivity index (χ3n) is 2.19. The fraction of sp³-hybridized carbons (Fsp3) is 0.700. The molecule has 16 heavy (non-hydrogen) atoms. The van der Waals surface area contributed by atoms with Gasteiger partial charge in [0.1, 0.15) is 12.2 Å². The number of rotatable bonds is 6. The molecule has 0 fully saturated rings. The monoisotopic (exact) mass is 252 g/mol. The molecule has 0 radical (unpaired) electrons. The smallest absolute Gasteiger partial charge is 0.257 e. The molecule has 3 nitrogen and oxygen atoms in total. The van der Waals surface area contributed by atoms with E-state index in [1.165, 1.54) is 6.20 Å². The Morgan fingerprint density at radius 2 is 2.25 bits per heavy atom. The Labute approximate surface area is 98.3 Å². The number of halogens is 3. The second-order valence-electron chi connectivity index (χ2n) is 3.57. The molecule has 0 saturated heterocycles. The Morgan fingerprint density at radius 3 is 2.81 bits per heavy atom. The normalized spacial score (nSPS) is 13.4. The molecule has 1 aromatic heterocycles. The fourth-order valence-corrected chi connectivity index (χ4v) is 1.31. The zero-order chi connectivity index (χ0) is 12.1. The van der Waals surface area contributed by atoms with E-state index in [1.807, 2.05) is 13.8 Å². The molecule has 0 aliphatic heterocycles. The van der Waals surface area contributed by atoms with Gasteiger partial charge >= 0.3 is 0 Å². The van der Waals surface area contributed by atoms with Crippen LogP contribution in [0.3, 0.4) is 0 Å². The first-order valence-electron chi connectivity index (χ1n) is 5.14. The van der Waals surface area contributed by atoms with E-state index in [9.17, 15) is 8.78 Å². The molecule has 0 aromatic carbocycles. The summed E-state index contributed by atoms with van der Waals surface area (Å²) in [5, 5.41) is 4.30. The van der Waals surface area contributed by atoms with Crippen molar-refractivity contribution in [3.8, 4) is 0 Å². The third-order valence-corrected chi connectivity index (χ3v) is 2.51. The SMILES string of the molecule is CC[C@H](C)OCc1nn(CC(F)F)cc1Cl. The van der Waals surface area contributed by atoms with Gasteiger partial charge in [-0.05, 0) is 13.3 Å². The van der Waals surface area contributed by atoms with E-state index in [1.54, 1.807) is 0 Å². The van der Waals surface area contributed by atoms with Crippen molar-refractivity contribution in [3.63, 3.8) is 0 Å². The molecule has 0 N–H and O–H groups in total. The number of aromatic nitrogens is 2. The average molecular weight is 253 g/mol. The van der Waals surface area contributed by atoms with Gasteiger partial charge in [0.2, 0.25) is 0 Å². The lowest BCUT2D eigenvalue weighted by atomic mass is 10.3. The Bertz CT molecular complexity index is 331. The molecule has 0 saturated carbocycles. The van der Waals surface area contributed by atoms with E-state index in [0.717, 1.165) is 11.1 Å². The number of nitrogens with zero attached hydrogens (tertiary/aromatic N) is 2. The van der Waals surface area contributed by atoms with Gasteiger partial charge in [-0.15, -0.1) is 0 Å². The van der Waals surface area contributed by atoms with Crippen LogP contribution in [0.25, 0.3) is 0 Å². The predicted octanol–water partition coefficient (Wildman–Crippen LogP) is 3.12. The molecule has 6 heteroatoms. The van der Waals surface area contributed by atoms with Crippen molar-refractivity contribution in [2.24, 2.45) is 0 Å². The highest BCUT2D eigenvalue weighted by molar-refractivity contribution is 6.31. The van der Waals surface area contributed by atoms with Crippen molar-refractivity contribution in [1.29, 1.82) is 0 Å². The van der Waals surface area contributed by atoms with Gasteiger partial charge in [0.15, 0.2) is 0 Å². The highest BCUT2D eigenvalue weighted by Gasteiger charge is 2.11. The average Bonchev–Trinajstić information content (AvgIpc) is 2.54. The molecule has 1 atom stereocenters. The van der Waals surface area contributed by atoms with E-state index in [4.69, 9.17) is 16.3 Å². The molecule has 0 aliphatic carbocycles. The molecular formula is C10H15ClF2N2O. The number of hydrogen-bond acceptors (Lipinski definition) is 2. The first kappa shape index (κ1) is 13.4. The zero-order valence-corrected chi connectivity index (χ0v) is 10.0. The first-order valence-corrected chi connectivity index (χ1v) is 5.52. The van der Waals surface area contributed by atoms with Gasteiger partial charge in [-0.2, -0.15) is 5.10 Å². The van der Waals surface area contributed by atoms with E-state index >= 15 is 0 Å². The minimum Gasteiger partial charge on any atom is -0.372 e. The van der Waals surface area contributed by atoms with Crippen LogP contribution in [0, 0.1) is 0 Å². The minimum atomic E-state index is -2.43. The van der Waals surface area contributed by atoms with Crippen LogP contribution in [-0.2, 0) is 17.9 Å². The van der Waals surface area contributed by atoms with Crippen molar-refractivity contribution in [3.05, 3.63) is 16.9 Å². The zero-order valence-electron chi connectivity index (χ0n) is 9.29. The lowest BCUT2D eigenvalue weighted by molar-refractivity contribution is 0.0482. The van der Waals surface area contributed by atoms with Crippen LogP contribution >= 0.6 is 11.6 Å². The van der Waals surface area contributed by atoms with Crippen LogP contribution in [0.2, 0.25) is 5.02 Å². The second kappa shape index (κ2) is 6.15. The van der Waals surface area contributed by atoms with Crippen LogP contribution in [0.15, 0.2) is 6.20 Å². The largest absolute Gasteiger partial charge is 0.372 e. The summed E-state index contributed by atoms with van der Waals surface area (Å²) in [6.45, 7) is 3.75. The molecule has 1 rings (SSSR count). The maximum Gasteiger partial charge on any atom is 0.257 e. The van der Waals surface area contributed by atoms with Crippen molar-refractivity contribution in [1.82, 2.24) is 9.78 Å². The quantitative estimate of drug-likeness (QED) is 0.778. The summed E-state index contributed by atoms with van der Waals surface area (Å²) in [4.78, 5) is 0. The van der Waals surface area contributed by atoms with E-state index < -0.39 is 13.0 Å². The van der Waals surface area contributed by atoms with E-state index in [0.29, 0.717) is 10.7 Å². The molecule has 0 aliphatic rings. The summed E-state index contributed by atoms with van der Waals surface area (Å²) < 4.78 is 30.8. The lowest BCUT2D eigenvalue weighted by Gasteiger charge is -2.08. The van der Waals surface area contributed by atoms with E-state index in [2.05, 4.69) is 5.10 Å². The van der Waals surface area contributed by atoms with Crippen LogP contribution in [0.5, 0.6) is 0 Å². The first-order chi connectivity index (χ1) is 7.52. The lowest BCUT2D eigenvalue weighted by Crippen LogP contribution is -2.09. The molecular weight excluding hydrogens is 238 g/mol. The highest BCUT2D eigenvalue weighted by Crippen LogP contribution is 2.16. The van der Waals surface area contributed by atoms with E-state index in [-0.39, 0.29) is 12.7 Å². The van der Waals surface area contributed by atoms with Gasteiger partial charge in [-0.1, -0.05) is 18.5 Å². The predicted molar refractivity (Wildman–Crippen MR) is 57.8 cm³/mol. The number of alkyl halides is 2. The number of ether oxygens (including phenoxy) is 1. The van der Waals surface area contributed by atoms with Crippen LogP contribution in [0.1, 0.15) is 26.0 Å². The fourth-order valence-electron chi connectivity index (χ4n) is 1.11. The van der Waals surface area contributed by atoms with Crippen molar-refractivity contribution >= 4 is 11.6 Å². The maximum absolute atomic E-state index is 12.1. The molecule has 0 spiro atoms. The molecule has 0 unspecified atom stereocenters. The van der Waals surface area contributed by atoms with Gasteiger partial charge < -0.3 is 4.74 Å². The molecule has 1 aromatic rings.